The molecule has 2 aromatic carbocycles. The van der Waals surface area contributed by atoms with Crippen molar-refractivity contribution in [3.63, 3.8) is 0 Å². The van der Waals surface area contributed by atoms with Crippen LogP contribution in [0.4, 0.5) is 5.69 Å². The Morgan fingerprint density at radius 3 is 2.81 bits per heavy atom. The monoisotopic (exact) mass is 368 g/mol. The molecule has 0 radical (unpaired) electrons. The van der Waals surface area contributed by atoms with E-state index in [-0.39, 0.29) is 5.69 Å². The standard InChI is InChI=1S/C19H13ClN2O4/c20-15-10-12(11-18-19(15)26-9-8-25-18)4-5-13-6-7-14-16(21-13)2-1-3-17(14)22(23)24/h1-7,10-11H,8-9H2/b5-4+. The summed E-state index contributed by atoms with van der Waals surface area (Å²) in [6.07, 6.45) is 3.68. The molecule has 1 aliphatic heterocycles. The fourth-order valence-corrected chi connectivity index (χ4v) is 3.09. The molecule has 0 atom stereocenters. The number of non-ortho nitro benzene ring substituents is 1. The largest absolute Gasteiger partial charge is 0.486 e. The number of rotatable bonds is 3. The number of fused-ring (bicyclic) bond motifs is 2. The van der Waals surface area contributed by atoms with Gasteiger partial charge in [0.1, 0.15) is 13.2 Å². The minimum Gasteiger partial charge on any atom is -0.486 e. The van der Waals surface area contributed by atoms with Crippen LogP contribution in [0.15, 0.2) is 42.5 Å². The minimum atomic E-state index is -0.406. The molecule has 26 heavy (non-hydrogen) atoms. The van der Waals surface area contributed by atoms with Crippen LogP contribution in [0.3, 0.4) is 0 Å². The van der Waals surface area contributed by atoms with Gasteiger partial charge in [-0.05, 0) is 42.0 Å². The van der Waals surface area contributed by atoms with E-state index >= 15 is 0 Å². The fraction of sp³-hybridized carbons (Fsp3) is 0.105. The van der Waals surface area contributed by atoms with E-state index in [1.807, 2.05) is 18.2 Å². The van der Waals surface area contributed by atoms with Crippen LogP contribution in [0, 0.1) is 10.1 Å². The molecule has 0 spiro atoms. The maximum absolute atomic E-state index is 11.1. The highest BCUT2D eigenvalue weighted by Gasteiger charge is 2.16. The maximum Gasteiger partial charge on any atom is 0.278 e. The summed E-state index contributed by atoms with van der Waals surface area (Å²) in [6.45, 7) is 0.969. The number of nitro benzene ring substituents is 1. The van der Waals surface area contributed by atoms with Gasteiger partial charge in [-0.1, -0.05) is 23.7 Å². The van der Waals surface area contributed by atoms with Gasteiger partial charge in [0.15, 0.2) is 11.5 Å². The lowest BCUT2D eigenvalue weighted by molar-refractivity contribution is -0.383. The number of nitrogens with zero attached hydrogens (tertiary/aromatic N) is 2. The van der Waals surface area contributed by atoms with Crippen molar-refractivity contribution < 1.29 is 14.4 Å². The highest BCUT2D eigenvalue weighted by atomic mass is 35.5. The average Bonchev–Trinajstić information content (AvgIpc) is 2.65. The van der Waals surface area contributed by atoms with Gasteiger partial charge in [-0.25, -0.2) is 4.98 Å². The third kappa shape index (κ3) is 3.07. The summed E-state index contributed by atoms with van der Waals surface area (Å²) in [4.78, 5) is 15.1. The van der Waals surface area contributed by atoms with E-state index in [0.717, 1.165) is 5.56 Å². The first-order valence-electron chi connectivity index (χ1n) is 7.93. The van der Waals surface area contributed by atoms with Gasteiger partial charge in [0, 0.05) is 6.07 Å². The Balaban J connectivity index is 1.67. The lowest BCUT2D eigenvalue weighted by Gasteiger charge is -2.19. The minimum absolute atomic E-state index is 0.0455. The molecule has 4 rings (SSSR count). The van der Waals surface area contributed by atoms with Gasteiger partial charge >= 0.3 is 0 Å². The molecular weight excluding hydrogens is 356 g/mol. The predicted molar refractivity (Wildman–Crippen MR) is 99.8 cm³/mol. The summed E-state index contributed by atoms with van der Waals surface area (Å²) in [5, 5.41) is 12.1. The fourth-order valence-electron chi connectivity index (χ4n) is 2.82. The van der Waals surface area contributed by atoms with Crippen LogP contribution in [-0.2, 0) is 0 Å². The van der Waals surface area contributed by atoms with E-state index in [2.05, 4.69) is 4.98 Å². The van der Waals surface area contributed by atoms with Gasteiger partial charge in [0.05, 0.1) is 26.5 Å². The van der Waals surface area contributed by atoms with Crippen LogP contribution < -0.4 is 9.47 Å². The number of halogens is 1. The van der Waals surface area contributed by atoms with Crippen molar-refractivity contribution in [1.82, 2.24) is 4.98 Å². The number of pyridine rings is 1. The van der Waals surface area contributed by atoms with Crippen LogP contribution >= 0.6 is 11.6 Å². The zero-order valence-corrected chi connectivity index (χ0v) is 14.3. The van der Waals surface area contributed by atoms with Crippen LogP contribution in [0.2, 0.25) is 5.02 Å². The third-order valence-corrected chi connectivity index (χ3v) is 4.27. The summed E-state index contributed by atoms with van der Waals surface area (Å²) in [7, 11) is 0. The molecular formula is C19H13ClN2O4. The number of hydrogen-bond acceptors (Lipinski definition) is 5. The van der Waals surface area contributed by atoms with Crippen molar-refractivity contribution in [1.29, 1.82) is 0 Å². The van der Waals surface area contributed by atoms with E-state index in [9.17, 15) is 10.1 Å². The Kier molecular flexibility index (Phi) is 4.18. The SMILES string of the molecule is O=[N+]([O-])c1cccc2nc(/C=C/c3cc(Cl)c4c(c3)OCCO4)ccc12. The molecule has 0 fully saturated rings. The smallest absolute Gasteiger partial charge is 0.278 e. The average molecular weight is 369 g/mol. The lowest BCUT2D eigenvalue weighted by Crippen LogP contribution is -2.15. The zero-order valence-electron chi connectivity index (χ0n) is 13.5. The second kappa shape index (κ2) is 6.65. The maximum atomic E-state index is 11.1. The molecule has 0 aliphatic carbocycles. The van der Waals surface area contributed by atoms with Crippen LogP contribution in [0.5, 0.6) is 11.5 Å². The molecule has 1 aromatic heterocycles. The molecule has 3 aromatic rings. The van der Waals surface area contributed by atoms with E-state index in [1.165, 1.54) is 6.07 Å². The van der Waals surface area contributed by atoms with Crippen molar-refractivity contribution in [3.05, 3.63) is 68.9 Å². The van der Waals surface area contributed by atoms with Crippen molar-refractivity contribution in [2.24, 2.45) is 0 Å². The Hall–Kier alpha value is -3.12. The normalized spacial score (nSPS) is 13.3. The quantitative estimate of drug-likeness (QED) is 0.493. The van der Waals surface area contributed by atoms with E-state index < -0.39 is 4.92 Å². The first-order chi connectivity index (χ1) is 12.6. The number of nitro groups is 1. The summed E-state index contributed by atoms with van der Waals surface area (Å²) in [5.74, 6) is 1.18. The molecule has 2 heterocycles. The number of hydrogen-bond donors (Lipinski definition) is 0. The van der Waals surface area contributed by atoms with E-state index in [1.54, 1.807) is 30.3 Å². The van der Waals surface area contributed by atoms with Crippen molar-refractivity contribution >= 4 is 40.3 Å². The third-order valence-electron chi connectivity index (χ3n) is 3.99. The summed E-state index contributed by atoms with van der Waals surface area (Å²) in [6, 6.07) is 11.9. The van der Waals surface area contributed by atoms with Crippen LogP contribution in [0.25, 0.3) is 23.1 Å². The van der Waals surface area contributed by atoms with Crippen LogP contribution in [0.1, 0.15) is 11.3 Å². The van der Waals surface area contributed by atoms with Gasteiger partial charge < -0.3 is 9.47 Å². The van der Waals surface area contributed by atoms with E-state index in [4.69, 9.17) is 21.1 Å². The highest BCUT2D eigenvalue weighted by Crippen LogP contribution is 2.38. The first-order valence-corrected chi connectivity index (χ1v) is 8.31. The predicted octanol–water partition coefficient (Wildman–Crippen LogP) is 4.74. The molecule has 0 bridgehead atoms. The summed E-state index contributed by atoms with van der Waals surface area (Å²) < 4.78 is 11.1. The second-order valence-electron chi connectivity index (χ2n) is 5.70. The van der Waals surface area contributed by atoms with Gasteiger partial charge in [-0.15, -0.1) is 0 Å². The lowest BCUT2D eigenvalue weighted by atomic mass is 10.1. The number of ether oxygens (including phenoxy) is 2. The van der Waals surface area contributed by atoms with Gasteiger partial charge in [0.2, 0.25) is 0 Å². The van der Waals surface area contributed by atoms with Gasteiger partial charge in [-0.3, -0.25) is 10.1 Å². The Morgan fingerprint density at radius 2 is 1.96 bits per heavy atom. The van der Waals surface area contributed by atoms with Gasteiger partial charge in [-0.2, -0.15) is 0 Å². The molecule has 1 aliphatic rings. The summed E-state index contributed by atoms with van der Waals surface area (Å²) >= 11 is 6.24. The topological polar surface area (TPSA) is 74.5 Å². The number of aromatic nitrogens is 1. The molecule has 130 valence electrons. The molecule has 0 amide bonds. The van der Waals surface area contributed by atoms with Crippen molar-refractivity contribution in [2.75, 3.05) is 13.2 Å². The van der Waals surface area contributed by atoms with E-state index in [0.29, 0.717) is 46.3 Å². The first kappa shape index (κ1) is 16.4. The molecule has 0 saturated heterocycles. The van der Waals surface area contributed by atoms with Crippen molar-refractivity contribution in [3.8, 4) is 11.5 Å². The highest BCUT2D eigenvalue weighted by molar-refractivity contribution is 6.32. The van der Waals surface area contributed by atoms with Gasteiger partial charge in [0.25, 0.3) is 5.69 Å². The van der Waals surface area contributed by atoms with Crippen molar-refractivity contribution in [2.45, 2.75) is 0 Å². The Morgan fingerprint density at radius 1 is 1.12 bits per heavy atom. The number of benzene rings is 2. The Bertz CT molecular complexity index is 1050. The molecule has 0 unspecified atom stereocenters. The molecule has 0 N–H and O–H groups in total. The molecule has 7 heteroatoms. The Labute approximate surface area is 153 Å². The van der Waals surface area contributed by atoms with Crippen LogP contribution in [-0.4, -0.2) is 23.1 Å². The summed E-state index contributed by atoms with van der Waals surface area (Å²) in [5.41, 5.74) is 2.15. The molecule has 6 nitrogen and oxygen atoms in total. The molecule has 0 saturated carbocycles. The second-order valence-corrected chi connectivity index (χ2v) is 6.10. The zero-order chi connectivity index (χ0) is 18.1.